The topological polar surface area (TPSA) is 33.1 Å². The predicted molar refractivity (Wildman–Crippen MR) is 78.9 cm³/mol. The molecule has 0 saturated heterocycles. The van der Waals surface area contributed by atoms with Gasteiger partial charge in [-0.2, -0.15) is 11.8 Å². The molecule has 0 amide bonds. The Morgan fingerprint density at radius 3 is 2.89 bits per heavy atom. The quantitative estimate of drug-likeness (QED) is 0.893. The number of hydrogen-bond donors (Lipinski definition) is 1. The van der Waals surface area contributed by atoms with Crippen molar-refractivity contribution in [3.05, 3.63) is 41.6 Å². The highest BCUT2D eigenvalue weighted by atomic mass is 32.2. The molecule has 2 nitrogen and oxygen atoms in total. The Bertz CT molecular complexity index is 527. The van der Waals surface area contributed by atoms with Crippen molar-refractivity contribution >= 4 is 22.7 Å². The molecule has 1 heterocycles. The molecular formula is C15H19NOS. The van der Waals surface area contributed by atoms with Crippen molar-refractivity contribution in [2.24, 2.45) is 0 Å². The molecule has 1 N–H and O–H groups in total. The minimum absolute atomic E-state index is 0.268. The first-order valence-electron chi connectivity index (χ1n) is 6.28. The van der Waals surface area contributed by atoms with Crippen molar-refractivity contribution < 1.29 is 5.11 Å². The Hall–Kier alpha value is -1.06. The third kappa shape index (κ3) is 3.24. The largest absolute Gasteiger partial charge is 0.396 e. The lowest BCUT2D eigenvalue weighted by atomic mass is 10.1. The molecule has 0 bridgehead atoms. The molecule has 3 heteroatoms. The molecule has 0 radical (unpaired) electrons. The van der Waals surface area contributed by atoms with E-state index in [9.17, 15) is 0 Å². The van der Waals surface area contributed by atoms with Crippen LogP contribution in [-0.4, -0.2) is 21.9 Å². The maximum atomic E-state index is 8.93. The highest BCUT2D eigenvalue weighted by Gasteiger charge is 2.06. The molecule has 18 heavy (non-hydrogen) atoms. The van der Waals surface area contributed by atoms with Crippen LogP contribution < -0.4 is 0 Å². The van der Waals surface area contributed by atoms with Crippen molar-refractivity contribution in [1.29, 1.82) is 0 Å². The lowest BCUT2D eigenvalue weighted by molar-refractivity contribution is 0.289. The molecular weight excluding hydrogens is 242 g/mol. The molecule has 0 fully saturated rings. The lowest BCUT2D eigenvalue weighted by Crippen LogP contribution is -2.00. The fraction of sp³-hybridized carbons (Fsp3) is 0.400. The van der Waals surface area contributed by atoms with Crippen LogP contribution in [0.5, 0.6) is 0 Å². The summed E-state index contributed by atoms with van der Waals surface area (Å²) in [5.41, 5.74) is 3.48. The van der Waals surface area contributed by atoms with Crippen LogP contribution in [0.25, 0.3) is 10.9 Å². The SMILES string of the molecule is Cc1cc(CSC(C)CCO)c2ccccc2n1. The van der Waals surface area contributed by atoms with Gasteiger partial charge >= 0.3 is 0 Å². The van der Waals surface area contributed by atoms with Gasteiger partial charge in [-0.1, -0.05) is 25.1 Å². The fourth-order valence-electron chi connectivity index (χ4n) is 2.01. The molecule has 1 unspecified atom stereocenters. The summed E-state index contributed by atoms with van der Waals surface area (Å²) in [6.45, 7) is 4.47. The number of aliphatic hydroxyl groups excluding tert-OH is 1. The number of hydrogen-bond acceptors (Lipinski definition) is 3. The van der Waals surface area contributed by atoms with E-state index in [1.807, 2.05) is 24.8 Å². The molecule has 1 aromatic carbocycles. The predicted octanol–water partition coefficient (Wildman–Crippen LogP) is 3.55. The number of fused-ring (bicyclic) bond motifs is 1. The zero-order valence-corrected chi connectivity index (χ0v) is 11.7. The summed E-state index contributed by atoms with van der Waals surface area (Å²) in [6.07, 6.45) is 0.854. The van der Waals surface area contributed by atoms with E-state index in [1.54, 1.807) is 0 Å². The third-order valence-corrected chi connectivity index (χ3v) is 4.27. The number of aliphatic hydroxyl groups is 1. The summed E-state index contributed by atoms with van der Waals surface area (Å²) in [6, 6.07) is 10.5. The molecule has 0 aliphatic rings. The van der Waals surface area contributed by atoms with Crippen LogP contribution in [0.2, 0.25) is 0 Å². The Morgan fingerprint density at radius 2 is 2.11 bits per heavy atom. The molecule has 2 aromatic rings. The number of benzene rings is 1. The van der Waals surface area contributed by atoms with Gasteiger partial charge in [-0.3, -0.25) is 4.98 Å². The first-order chi connectivity index (χ1) is 8.70. The number of aromatic nitrogens is 1. The van der Waals surface area contributed by atoms with Crippen LogP contribution in [0.3, 0.4) is 0 Å². The molecule has 1 aromatic heterocycles. The molecule has 1 atom stereocenters. The van der Waals surface area contributed by atoms with Crippen LogP contribution in [0.1, 0.15) is 24.6 Å². The summed E-state index contributed by atoms with van der Waals surface area (Å²) < 4.78 is 0. The van der Waals surface area contributed by atoms with E-state index in [0.717, 1.165) is 23.4 Å². The van der Waals surface area contributed by atoms with E-state index in [-0.39, 0.29) is 6.61 Å². The molecule has 0 aliphatic heterocycles. The van der Waals surface area contributed by atoms with Gasteiger partial charge in [-0.25, -0.2) is 0 Å². The molecule has 0 aliphatic carbocycles. The lowest BCUT2D eigenvalue weighted by Gasteiger charge is -2.11. The van der Waals surface area contributed by atoms with Crippen LogP contribution in [0, 0.1) is 6.92 Å². The zero-order chi connectivity index (χ0) is 13.0. The second kappa shape index (κ2) is 6.21. The van der Waals surface area contributed by atoms with Gasteiger partial charge in [0, 0.05) is 28.7 Å². The van der Waals surface area contributed by atoms with Gasteiger partial charge in [-0.15, -0.1) is 0 Å². The van der Waals surface area contributed by atoms with Crippen molar-refractivity contribution in [1.82, 2.24) is 4.98 Å². The Labute approximate surface area is 112 Å². The average molecular weight is 261 g/mol. The van der Waals surface area contributed by atoms with Crippen molar-refractivity contribution in [2.75, 3.05) is 6.61 Å². The first kappa shape index (κ1) is 13.4. The minimum atomic E-state index is 0.268. The second-order valence-corrected chi connectivity index (χ2v) is 6.00. The van der Waals surface area contributed by atoms with Gasteiger partial charge < -0.3 is 5.11 Å². The number of aryl methyl sites for hydroxylation is 1. The fourth-order valence-corrected chi connectivity index (χ4v) is 2.99. The van der Waals surface area contributed by atoms with Gasteiger partial charge in [0.15, 0.2) is 0 Å². The Morgan fingerprint density at radius 1 is 1.33 bits per heavy atom. The zero-order valence-electron chi connectivity index (χ0n) is 10.9. The number of para-hydroxylation sites is 1. The number of rotatable bonds is 5. The van der Waals surface area contributed by atoms with Crippen molar-refractivity contribution in [3.8, 4) is 0 Å². The maximum absolute atomic E-state index is 8.93. The number of pyridine rings is 1. The Balaban J connectivity index is 2.21. The normalized spacial score (nSPS) is 12.8. The van der Waals surface area contributed by atoms with Crippen molar-refractivity contribution in [3.63, 3.8) is 0 Å². The summed E-state index contributed by atoms with van der Waals surface area (Å²) in [5, 5.41) is 10.7. The Kier molecular flexibility index (Phi) is 4.61. The summed E-state index contributed by atoms with van der Waals surface area (Å²) >= 11 is 1.89. The van der Waals surface area contributed by atoms with E-state index in [2.05, 4.69) is 36.2 Å². The van der Waals surface area contributed by atoms with E-state index in [0.29, 0.717) is 5.25 Å². The van der Waals surface area contributed by atoms with Gasteiger partial charge in [0.05, 0.1) is 5.52 Å². The van der Waals surface area contributed by atoms with Crippen LogP contribution in [0.15, 0.2) is 30.3 Å². The number of thioether (sulfide) groups is 1. The van der Waals surface area contributed by atoms with E-state index < -0.39 is 0 Å². The standard InChI is InChI=1S/C15H19NOS/c1-11-9-13(10-18-12(2)7-8-17)14-5-3-4-6-15(14)16-11/h3-6,9,12,17H,7-8,10H2,1-2H3. The summed E-state index contributed by atoms with van der Waals surface area (Å²) in [4.78, 5) is 4.55. The van der Waals surface area contributed by atoms with Crippen LogP contribution in [0.4, 0.5) is 0 Å². The van der Waals surface area contributed by atoms with Gasteiger partial charge in [0.25, 0.3) is 0 Å². The highest BCUT2D eigenvalue weighted by molar-refractivity contribution is 7.99. The van der Waals surface area contributed by atoms with Crippen LogP contribution in [-0.2, 0) is 5.75 Å². The van der Waals surface area contributed by atoms with Gasteiger partial charge in [0.2, 0.25) is 0 Å². The second-order valence-electron chi connectivity index (χ2n) is 4.57. The molecule has 96 valence electrons. The van der Waals surface area contributed by atoms with E-state index >= 15 is 0 Å². The van der Waals surface area contributed by atoms with E-state index in [1.165, 1.54) is 10.9 Å². The monoisotopic (exact) mass is 261 g/mol. The highest BCUT2D eigenvalue weighted by Crippen LogP contribution is 2.25. The number of nitrogens with zero attached hydrogens (tertiary/aromatic N) is 1. The van der Waals surface area contributed by atoms with Crippen LogP contribution >= 0.6 is 11.8 Å². The van der Waals surface area contributed by atoms with Gasteiger partial charge in [0.1, 0.15) is 0 Å². The molecule has 0 spiro atoms. The third-order valence-electron chi connectivity index (χ3n) is 2.99. The smallest absolute Gasteiger partial charge is 0.0708 e. The molecule has 0 saturated carbocycles. The average Bonchev–Trinajstić information content (AvgIpc) is 2.36. The first-order valence-corrected chi connectivity index (χ1v) is 7.33. The maximum Gasteiger partial charge on any atom is 0.0708 e. The van der Waals surface area contributed by atoms with Gasteiger partial charge in [-0.05, 0) is 31.0 Å². The molecule has 2 rings (SSSR count). The summed E-state index contributed by atoms with van der Waals surface area (Å²) in [7, 11) is 0. The van der Waals surface area contributed by atoms with Crippen molar-refractivity contribution in [2.45, 2.75) is 31.3 Å². The minimum Gasteiger partial charge on any atom is -0.396 e. The van der Waals surface area contributed by atoms with E-state index in [4.69, 9.17) is 5.11 Å². The summed E-state index contributed by atoms with van der Waals surface area (Å²) in [5.74, 6) is 0.977.